The first-order chi connectivity index (χ1) is 7.38. The average molecular weight is 245 g/mol. The molecule has 6 nitrogen and oxygen atoms in total. The van der Waals surface area contributed by atoms with Crippen molar-refractivity contribution in [1.82, 2.24) is 14.8 Å². The minimum atomic E-state index is -1.51. The molecule has 16 heavy (non-hydrogen) atoms. The van der Waals surface area contributed by atoms with Crippen LogP contribution in [0.4, 0.5) is 0 Å². The van der Waals surface area contributed by atoms with E-state index in [9.17, 15) is 9.90 Å². The van der Waals surface area contributed by atoms with Gasteiger partial charge in [-0.25, -0.2) is 4.79 Å². The molecular weight excluding hydrogens is 230 g/mol. The van der Waals surface area contributed by atoms with Crippen LogP contribution in [0.2, 0.25) is 0 Å². The summed E-state index contributed by atoms with van der Waals surface area (Å²) in [5, 5.41) is 18.2. The standard InChI is InChI=1S/C9H15N3O3S/c1-6-10-11-8(12(6)3)16-5-9(2,14)7(13)15-4/h14H,5H2,1-4H3. The Balaban J connectivity index is 2.64. The predicted octanol–water partition coefficient (Wildman–Crippen LogP) is 0.140. The van der Waals surface area contributed by atoms with Gasteiger partial charge in [0.05, 0.1) is 7.11 Å². The Morgan fingerprint density at radius 2 is 2.25 bits per heavy atom. The normalized spacial score (nSPS) is 14.6. The highest BCUT2D eigenvalue weighted by molar-refractivity contribution is 7.99. The molecule has 0 aliphatic rings. The molecule has 1 heterocycles. The van der Waals surface area contributed by atoms with E-state index in [1.807, 2.05) is 14.0 Å². The smallest absolute Gasteiger partial charge is 0.338 e. The second-order valence-electron chi connectivity index (χ2n) is 3.64. The van der Waals surface area contributed by atoms with Gasteiger partial charge in [-0.2, -0.15) is 0 Å². The highest BCUT2D eigenvalue weighted by Gasteiger charge is 2.32. The Kier molecular flexibility index (Phi) is 3.93. The number of methoxy groups -OCH3 is 1. The number of nitrogens with zero attached hydrogens (tertiary/aromatic N) is 3. The van der Waals surface area contributed by atoms with Gasteiger partial charge in [-0.05, 0) is 13.8 Å². The first kappa shape index (κ1) is 13.0. The van der Waals surface area contributed by atoms with E-state index in [-0.39, 0.29) is 5.75 Å². The number of hydrogen-bond acceptors (Lipinski definition) is 6. The van der Waals surface area contributed by atoms with Gasteiger partial charge in [0.15, 0.2) is 10.8 Å². The average Bonchev–Trinajstić information content (AvgIpc) is 2.56. The Morgan fingerprint density at radius 3 is 2.69 bits per heavy atom. The topological polar surface area (TPSA) is 77.2 Å². The second-order valence-corrected chi connectivity index (χ2v) is 4.59. The Labute approximate surface area is 98.0 Å². The number of aromatic nitrogens is 3. The van der Waals surface area contributed by atoms with Crippen LogP contribution in [0.15, 0.2) is 5.16 Å². The molecule has 1 unspecified atom stereocenters. The Morgan fingerprint density at radius 1 is 1.62 bits per heavy atom. The fourth-order valence-electron chi connectivity index (χ4n) is 0.997. The maximum Gasteiger partial charge on any atom is 0.338 e. The first-order valence-electron chi connectivity index (χ1n) is 4.68. The fraction of sp³-hybridized carbons (Fsp3) is 0.667. The van der Waals surface area contributed by atoms with Crippen LogP contribution in [-0.4, -0.2) is 44.3 Å². The summed E-state index contributed by atoms with van der Waals surface area (Å²) in [7, 11) is 3.07. The molecule has 1 atom stereocenters. The molecule has 0 fully saturated rings. The van der Waals surface area contributed by atoms with Crippen LogP contribution in [-0.2, 0) is 16.6 Å². The highest BCUT2D eigenvalue weighted by atomic mass is 32.2. The fourth-order valence-corrected chi connectivity index (χ4v) is 1.95. The van der Waals surface area contributed by atoms with Gasteiger partial charge >= 0.3 is 5.97 Å². The van der Waals surface area contributed by atoms with E-state index in [2.05, 4.69) is 14.9 Å². The maximum atomic E-state index is 11.2. The molecule has 0 bridgehead atoms. The number of aryl methyl sites for hydroxylation is 1. The Hall–Kier alpha value is -1.08. The molecule has 0 amide bonds. The molecule has 1 aromatic rings. The summed E-state index contributed by atoms with van der Waals surface area (Å²) in [6.45, 7) is 3.24. The summed E-state index contributed by atoms with van der Waals surface area (Å²) in [4.78, 5) is 11.2. The van der Waals surface area contributed by atoms with Crippen molar-refractivity contribution < 1.29 is 14.6 Å². The number of esters is 1. The van der Waals surface area contributed by atoms with Crippen LogP contribution in [0.3, 0.4) is 0 Å². The van der Waals surface area contributed by atoms with Gasteiger partial charge in [-0.15, -0.1) is 10.2 Å². The lowest BCUT2D eigenvalue weighted by Gasteiger charge is -2.18. The van der Waals surface area contributed by atoms with Gasteiger partial charge in [-0.1, -0.05) is 11.8 Å². The molecule has 0 spiro atoms. The van der Waals surface area contributed by atoms with Crippen LogP contribution < -0.4 is 0 Å². The minimum absolute atomic E-state index is 0.172. The SMILES string of the molecule is COC(=O)C(C)(O)CSc1nnc(C)n1C. The van der Waals surface area contributed by atoms with Crippen molar-refractivity contribution in [1.29, 1.82) is 0 Å². The number of carbonyl (C=O) groups excluding carboxylic acids is 1. The summed E-state index contributed by atoms with van der Waals surface area (Å²) < 4.78 is 6.28. The van der Waals surface area contributed by atoms with Gasteiger partial charge in [0, 0.05) is 12.8 Å². The summed E-state index contributed by atoms with van der Waals surface area (Å²) in [5.74, 6) is 0.296. The molecule has 0 radical (unpaired) electrons. The van der Waals surface area contributed by atoms with E-state index < -0.39 is 11.6 Å². The zero-order valence-corrected chi connectivity index (χ0v) is 10.5. The second kappa shape index (κ2) is 4.84. The maximum absolute atomic E-state index is 11.2. The van der Waals surface area contributed by atoms with Crippen molar-refractivity contribution >= 4 is 17.7 Å². The summed E-state index contributed by atoms with van der Waals surface area (Å²) in [6, 6.07) is 0. The molecular formula is C9H15N3O3S. The van der Waals surface area contributed by atoms with Gasteiger partial charge in [-0.3, -0.25) is 0 Å². The van der Waals surface area contributed by atoms with Crippen molar-refractivity contribution in [3.8, 4) is 0 Å². The Bertz CT molecular complexity index is 389. The number of thioether (sulfide) groups is 1. The van der Waals surface area contributed by atoms with E-state index in [4.69, 9.17) is 0 Å². The molecule has 0 saturated carbocycles. The zero-order chi connectivity index (χ0) is 12.3. The van der Waals surface area contributed by atoms with Crippen molar-refractivity contribution in [3.05, 3.63) is 5.82 Å². The summed E-state index contributed by atoms with van der Waals surface area (Å²) in [5.41, 5.74) is -1.51. The summed E-state index contributed by atoms with van der Waals surface area (Å²) >= 11 is 1.26. The predicted molar refractivity (Wildman–Crippen MR) is 59.1 cm³/mol. The number of aliphatic hydroxyl groups is 1. The monoisotopic (exact) mass is 245 g/mol. The third-order valence-electron chi connectivity index (χ3n) is 2.16. The van der Waals surface area contributed by atoms with Crippen LogP contribution >= 0.6 is 11.8 Å². The van der Waals surface area contributed by atoms with E-state index in [0.717, 1.165) is 5.82 Å². The highest BCUT2D eigenvalue weighted by Crippen LogP contribution is 2.21. The van der Waals surface area contributed by atoms with E-state index in [1.54, 1.807) is 4.57 Å². The molecule has 1 rings (SSSR count). The molecule has 0 saturated heterocycles. The number of rotatable bonds is 4. The first-order valence-corrected chi connectivity index (χ1v) is 5.66. The van der Waals surface area contributed by atoms with E-state index >= 15 is 0 Å². The van der Waals surface area contributed by atoms with Gasteiger partial charge in [0.25, 0.3) is 0 Å². The molecule has 0 aromatic carbocycles. The largest absolute Gasteiger partial charge is 0.467 e. The lowest BCUT2D eigenvalue weighted by atomic mass is 10.1. The van der Waals surface area contributed by atoms with Crippen molar-refractivity contribution in [3.63, 3.8) is 0 Å². The molecule has 7 heteroatoms. The number of hydrogen-bond donors (Lipinski definition) is 1. The lowest BCUT2D eigenvalue weighted by Crippen LogP contribution is -2.38. The quantitative estimate of drug-likeness (QED) is 0.600. The number of carbonyl (C=O) groups is 1. The van der Waals surface area contributed by atoms with Gasteiger partial charge in [0.2, 0.25) is 0 Å². The van der Waals surface area contributed by atoms with Gasteiger partial charge in [0.1, 0.15) is 5.82 Å². The van der Waals surface area contributed by atoms with Crippen LogP contribution in [0.25, 0.3) is 0 Å². The molecule has 0 aliphatic heterocycles. The third kappa shape index (κ3) is 2.73. The third-order valence-corrected chi connectivity index (χ3v) is 3.48. The molecule has 90 valence electrons. The van der Waals surface area contributed by atoms with Crippen LogP contribution in [0.5, 0.6) is 0 Å². The zero-order valence-electron chi connectivity index (χ0n) is 9.72. The minimum Gasteiger partial charge on any atom is -0.467 e. The van der Waals surface area contributed by atoms with Crippen LogP contribution in [0.1, 0.15) is 12.7 Å². The lowest BCUT2D eigenvalue weighted by molar-refractivity contribution is -0.158. The van der Waals surface area contributed by atoms with Crippen LogP contribution in [0, 0.1) is 6.92 Å². The van der Waals surface area contributed by atoms with Crippen molar-refractivity contribution in [2.75, 3.05) is 12.9 Å². The van der Waals surface area contributed by atoms with E-state index in [1.165, 1.54) is 25.8 Å². The van der Waals surface area contributed by atoms with Crippen molar-refractivity contribution in [2.24, 2.45) is 7.05 Å². The van der Waals surface area contributed by atoms with Gasteiger partial charge < -0.3 is 14.4 Å². The molecule has 0 aliphatic carbocycles. The molecule has 1 aromatic heterocycles. The van der Waals surface area contributed by atoms with E-state index in [0.29, 0.717) is 5.16 Å². The van der Waals surface area contributed by atoms with Crippen molar-refractivity contribution in [2.45, 2.75) is 24.6 Å². The summed E-state index contributed by atoms with van der Waals surface area (Å²) in [6.07, 6.45) is 0. The number of ether oxygens (including phenoxy) is 1. The molecule has 1 N–H and O–H groups in total.